The normalized spacial score (nSPS) is 11.1. The average Bonchev–Trinajstić information content (AvgIpc) is 3.05. The molecule has 6 nitrogen and oxygen atoms in total. The topological polar surface area (TPSA) is 67.6 Å². The first-order valence-corrected chi connectivity index (χ1v) is 8.71. The van der Waals surface area contributed by atoms with Gasteiger partial charge in [-0.05, 0) is 45.4 Å². The highest BCUT2D eigenvalue weighted by atomic mass is 16.5. The van der Waals surface area contributed by atoms with Crippen LogP contribution in [0.1, 0.15) is 49.6 Å². The fourth-order valence-electron chi connectivity index (χ4n) is 2.43. The molecule has 2 rings (SSSR count). The van der Waals surface area contributed by atoms with Crippen LogP contribution in [0.3, 0.4) is 0 Å². The second kappa shape index (κ2) is 9.22. The smallest absolute Gasteiger partial charge is 0.273 e. The monoisotopic (exact) mass is 345 g/mol. The van der Waals surface area contributed by atoms with E-state index in [1.165, 1.54) is 11.8 Å². The van der Waals surface area contributed by atoms with Crippen LogP contribution in [-0.4, -0.2) is 35.0 Å². The van der Waals surface area contributed by atoms with E-state index in [4.69, 9.17) is 9.15 Å². The summed E-state index contributed by atoms with van der Waals surface area (Å²) in [7, 11) is 0. The fraction of sp³-hybridized carbons (Fsp3) is 0.474. The molecular weight excluding hydrogens is 318 g/mol. The van der Waals surface area contributed by atoms with Crippen molar-refractivity contribution in [2.45, 2.75) is 46.8 Å². The van der Waals surface area contributed by atoms with Gasteiger partial charge >= 0.3 is 0 Å². The number of hydrogen-bond acceptors (Lipinski definition) is 5. The lowest BCUT2D eigenvalue weighted by atomic mass is 10.2. The lowest BCUT2D eigenvalue weighted by Crippen LogP contribution is -2.30. The third-order valence-electron chi connectivity index (χ3n) is 3.81. The summed E-state index contributed by atoms with van der Waals surface area (Å²) >= 11 is 0. The summed E-state index contributed by atoms with van der Waals surface area (Å²) in [6.07, 6.45) is 1.41. The summed E-state index contributed by atoms with van der Waals surface area (Å²) in [5, 5.41) is 2.72. The summed E-state index contributed by atoms with van der Waals surface area (Å²) in [4.78, 5) is 18.3. The van der Waals surface area contributed by atoms with Gasteiger partial charge in [0.25, 0.3) is 5.91 Å². The quantitative estimate of drug-likeness (QED) is 0.756. The Bertz CT molecular complexity index is 665. The van der Waals surface area contributed by atoms with Crippen molar-refractivity contribution in [2.24, 2.45) is 0 Å². The van der Waals surface area contributed by atoms with Crippen molar-refractivity contribution in [1.82, 2.24) is 15.2 Å². The minimum absolute atomic E-state index is 0.208. The van der Waals surface area contributed by atoms with Gasteiger partial charge in [-0.25, -0.2) is 4.98 Å². The van der Waals surface area contributed by atoms with Gasteiger partial charge in [0.15, 0.2) is 5.69 Å². The molecule has 1 aromatic carbocycles. The third kappa shape index (κ3) is 5.60. The Hall–Kier alpha value is -2.34. The van der Waals surface area contributed by atoms with Gasteiger partial charge in [-0.3, -0.25) is 9.69 Å². The standard InChI is InChI=1S/C19H27N3O3/c1-5-20-19(23)17-13-25-18(21-17)12-22(14(3)4)11-15-7-9-16(10-8-15)24-6-2/h7-10,13-14H,5-6,11-12H2,1-4H3,(H,20,23). The van der Waals surface area contributed by atoms with Gasteiger partial charge < -0.3 is 14.5 Å². The van der Waals surface area contributed by atoms with Gasteiger partial charge in [-0.15, -0.1) is 0 Å². The zero-order valence-corrected chi connectivity index (χ0v) is 15.4. The maximum absolute atomic E-state index is 11.8. The van der Waals surface area contributed by atoms with Crippen LogP contribution in [0.5, 0.6) is 5.75 Å². The Morgan fingerprint density at radius 2 is 1.96 bits per heavy atom. The summed E-state index contributed by atoms with van der Waals surface area (Å²) in [5.74, 6) is 1.21. The predicted molar refractivity (Wildman–Crippen MR) is 96.5 cm³/mol. The Morgan fingerprint density at radius 1 is 1.24 bits per heavy atom. The van der Waals surface area contributed by atoms with Crippen LogP contribution in [0.4, 0.5) is 0 Å². The van der Waals surface area contributed by atoms with Gasteiger partial charge in [0.2, 0.25) is 5.89 Å². The van der Waals surface area contributed by atoms with Crippen molar-refractivity contribution >= 4 is 5.91 Å². The van der Waals surface area contributed by atoms with E-state index >= 15 is 0 Å². The van der Waals surface area contributed by atoms with Gasteiger partial charge in [0.05, 0.1) is 13.2 Å². The molecule has 0 saturated carbocycles. The van der Waals surface area contributed by atoms with Gasteiger partial charge in [0, 0.05) is 19.1 Å². The second-order valence-corrected chi connectivity index (χ2v) is 6.06. The molecule has 0 fully saturated rings. The number of benzene rings is 1. The summed E-state index contributed by atoms with van der Waals surface area (Å²) in [6.45, 7) is 10.6. The van der Waals surface area contributed by atoms with Crippen molar-refractivity contribution in [3.63, 3.8) is 0 Å². The molecule has 0 unspecified atom stereocenters. The van der Waals surface area contributed by atoms with Crippen LogP contribution < -0.4 is 10.1 Å². The van der Waals surface area contributed by atoms with Gasteiger partial charge in [-0.2, -0.15) is 0 Å². The SMILES string of the molecule is CCNC(=O)c1coc(CN(Cc2ccc(OCC)cc2)C(C)C)n1. The van der Waals surface area contributed by atoms with Crippen molar-refractivity contribution in [3.8, 4) is 5.75 Å². The zero-order chi connectivity index (χ0) is 18.2. The minimum atomic E-state index is -0.208. The number of hydrogen-bond donors (Lipinski definition) is 1. The number of ether oxygens (including phenoxy) is 1. The second-order valence-electron chi connectivity index (χ2n) is 6.06. The van der Waals surface area contributed by atoms with Crippen LogP contribution in [0, 0.1) is 0 Å². The first kappa shape index (κ1) is 19.0. The first-order chi connectivity index (χ1) is 12.0. The maximum Gasteiger partial charge on any atom is 0.273 e. The summed E-state index contributed by atoms with van der Waals surface area (Å²) in [5.41, 5.74) is 1.51. The Labute approximate surface area is 149 Å². The molecule has 1 amide bonds. The van der Waals surface area contributed by atoms with E-state index in [0.29, 0.717) is 37.3 Å². The lowest BCUT2D eigenvalue weighted by Gasteiger charge is -2.25. The molecule has 0 aliphatic carbocycles. The molecule has 0 bridgehead atoms. The largest absolute Gasteiger partial charge is 0.494 e. The van der Waals surface area contributed by atoms with Crippen LogP contribution in [-0.2, 0) is 13.1 Å². The van der Waals surface area contributed by atoms with E-state index < -0.39 is 0 Å². The molecule has 6 heteroatoms. The van der Waals surface area contributed by atoms with E-state index in [1.54, 1.807) is 0 Å². The van der Waals surface area contributed by atoms with Crippen LogP contribution >= 0.6 is 0 Å². The van der Waals surface area contributed by atoms with E-state index in [0.717, 1.165) is 12.3 Å². The highest BCUT2D eigenvalue weighted by Crippen LogP contribution is 2.17. The fourth-order valence-corrected chi connectivity index (χ4v) is 2.43. The molecule has 0 radical (unpaired) electrons. The molecule has 2 aromatic rings. The lowest BCUT2D eigenvalue weighted by molar-refractivity contribution is 0.0950. The molecule has 0 aliphatic heterocycles. The molecule has 0 atom stereocenters. The number of amides is 1. The van der Waals surface area contributed by atoms with Crippen molar-refractivity contribution in [2.75, 3.05) is 13.2 Å². The number of rotatable bonds is 9. The molecule has 1 N–H and O–H groups in total. The zero-order valence-electron chi connectivity index (χ0n) is 15.4. The van der Waals surface area contributed by atoms with E-state index in [2.05, 4.69) is 41.2 Å². The number of nitrogens with zero attached hydrogens (tertiary/aromatic N) is 2. The molecule has 136 valence electrons. The minimum Gasteiger partial charge on any atom is -0.494 e. The van der Waals surface area contributed by atoms with Crippen LogP contribution in [0.2, 0.25) is 0 Å². The first-order valence-electron chi connectivity index (χ1n) is 8.71. The maximum atomic E-state index is 11.8. The summed E-state index contributed by atoms with van der Waals surface area (Å²) in [6, 6.07) is 8.41. The van der Waals surface area contributed by atoms with Crippen LogP contribution in [0.15, 0.2) is 34.9 Å². The number of carbonyl (C=O) groups excluding carboxylic acids is 1. The Balaban J connectivity index is 2.02. The number of carbonyl (C=O) groups is 1. The molecule has 0 aliphatic rings. The number of aromatic nitrogens is 1. The Morgan fingerprint density at radius 3 is 2.56 bits per heavy atom. The van der Waals surface area contributed by atoms with E-state index in [1.807, 2.05) is 26.0 Å². The predicted octanol–water partition coefficient (Wildman–Crippen LogP) is 3.23. The highest BCUT2D eigenvalue weighted by molar-refractivity contribution is 5.91. The van der Waals surface area contributed by atoms with Crippen LogP contribution in [0.25, 0.3) is 0 Å². The molecule has 0 spiro atoms. The third-order valence-corrected chi connectivity index (χ3v) is 3.81. The van der Waals surface area contributed by atoms with E-state index in [9.17, 15) is 4.79 Å². The molecule has 1 aromatic heterocycles. The summed E-state index contributed by atoms with van der Waals surface area (Å²) < 4.78 is 10.9. The molecular formula is C19H27N3O3. The number of nitrogens with one attached hydrogen (secondary N) is 1. The molecule has 0 saturated heterocycles. The van der Waals surface area contributed by atoms with Crippen molar-refractivity contribution in [3.05, 3.63) is 47.7 Å². The number of oxazole rings is 1. The highest BCUT2D eigenvalue weighted by Gasteiger charge is 2.16. The van der Waals surface area contributed by atoms with Gasteiger partial charge in [0.1, 0.15) is 12.0 Å². The van der Waals surface area contributed by atoms with Crippen molar-refractivity contribution in [1.29, 1.82) is 0 Å². The Kier molecular flexibility index (Phi) is 7.01. The molecule has 1 heterocycles. The average molecular weight is 345 g/mol. The van der Waals surface area contributed by atoms with Gasteiger partial charge in [-0.1, -0.05) is 12.1 Å². The van der Waals surface area contributed by atoms with E-state index in [-0.39, 0.29) is 5.91 Å². The molecule has 25 heavy (non-hydrogen) atoms. The van der Waals surface area contributed by atoms with Crippen molar-refractivity contribution < 1.29 is 13.9 Å².